The van der Waals surface area contributed by atoms with Crippen LogP contribution in [0.5, 0.6) is 0 Å². The molecule has 33 heavy (non-hydrogen) atoms. The third kappa shape index (κ3) is 8.85. The number of halogens is 1. The number of aryl methyl sites for hydroxylation is 1. The van der Waals surface area contributed by atoms with Gasteiger partial charge >= 0.3 is 0 Å². The Hall–Kier alpha value is -2.33. The number of aliphatic imine (C=N–C) groups is 1. The van der Waals surface area contributed by atoms with E-state index in [-0.39, 0.29) is 24.0 Å². The second-order valence-electron chi connectivity index (χ2n) is 8.29. The highest BCUT2D eigenvalue weighted by molar-refractivity contribution is 14.0. The van der Waals surface area contributed by atoms with Gasteiger partial charge in [-0.1, -0.05) is 30.3 Å². The molecule has 3 heterocycles. The van der Waals surface area contributed by atoms with Gasteiger partial charge in [0, 0.05) is 64.1 Å². The first-order valence-electron chi connectivity index (χ1n) is 11.7. The molecule has 0 aliphatic carbocycles. The molecular weight excluding hydrogens is 527 g/mol. The predicted molar refractivity (Wildman–Crippen MR) is 143 cm³/mol. The van der Waals surface area contributed by atoms with Crippen molar-refractivity contribution < 1.29 is 4.42 Å². The molecule has 0 unspecified atom stereocenters. The standard InChI is InChI=1S/C25H34N6O.HI/c1-2-7-22(8-3-1)21-30-18-11-23(12-19-30)29-25(27-15-10-24-9-4-20-32-24)26-13-5-16-31-17-6-14-28-31;/h1-4,6-9,14,17,20,23H,5,10-13,15-16,18-19,21H2,(H2,26,27,29);1H. The summed E-state index contributed by atoms with van der Waals surface area (Å²) in [4.78, 5) is 7.37. The van der Waals surface area contributed by atoms with Crippen LogP contribution < -0.4 is 10.6 Å². The van der Waals surface area contributed by atoms with Gasteiger partial charge < -0.3 is 15.1 Å². The number of rotatable bonds is 10. The Balaban J connectivity index is 0.00000306. The topological polar surface area (TPSA) is 70.6 Å². The van der Waals surface area contributed by atoms with Gasteiger partial charge in [0.05, 0.1) is 6.26 Å². The van der Waals surface area contributed by atoms with Gasteiger partial charge in [-0.2, -0.15) is 5.10 Å². The third-order valence-electron chi connectivity index (χ3n) is 5.80. The zero-order chi connectivity index (χ0) is 21.8. The summed E-state index contributed by atoms with van der Waals surface area (Å²) < 4.78 is 7.40. The van der Waals surface area contributed by atoms with Crippen LogP contribution in [-0.2, 0) is 19.5 Å². The highest BCUT2D eigenvalue weighted by Crippen LogP contribution is 2.14. The van der Waals surface area contributed by atoms with Crippen molar-refractivity contribution in [3.63, 3.8) is 0 Å². The Morgan fingerprint density at radius 3 is 2.67 bits per heavy atom. The van der Waals surface area contributed by atoms with Crippen molar-refractivity contribution in [2.24, 2.45) is 4.99 Å². The number of nitrogens with one attached hydrogen (secondary N) is 2. The molecule has 0 atom stereocenters. The zero-order valence-corrected chi connectivity index (χ0v) is 21.4. The third-order valence-corrected chi connectivity index (χ3v) is 5.80. The van der Waals surface area contributed by atoms with E-state index in [1.807, 2.05) is 35.3 Å². The first-order valence-corrected chi connectivity index (χ1v) is 11.7. The summed E-state index contributed by atoms with van der Waals surface area (Å²) in [6.07, 6.45) is 9.59. The molecule has 0 spiro atoms. The van der Waals surface area contributed by atoms with Crippen molar-refractivity contribution >= 4 is 29.9 Å². The normalized spacial score (nSPS) is 15.2. The van der Waals surface area contributed by atoms with E-state index < -0.39 is 0 Å². The second-order valence-corrected chi connectivity index (χ2v) is 8.29. The van der Waals surface area contributed by atoms with Gasteiger partial charge in [-0.05, 0) is 43.0 Å². The molecule has 1 aromatic carbocycles. The summed E-state index contributed by atoms with van der Waals surface area (Å²) in [5.41, 5.74) is 1.39. The van der Waals surface area contributed by atoms with Crippen LogP contribution in [0.4, 0.5) is 0 Å². The number of nitrogens with zero attached hydrogens (tertiary/aromatic N) is 4. The Labute approximate surface area is 213 Å². The largest absolute Gasteiger partial charge is 0.469 e. The van der Waals surface area contributed by atoms with Crippen LogP contribution in [0.2, 0.25) is 0 Å². The van der Waals surface area contributed by atoms with E-state index in [0.29, 0.717) is 6.04 Å². The van der Waals surface area contributed by atoms with Gasteiger partial charge in [0.15, 0.2) is 5.96 Å². The van der Waals surface area contributed by atoms with Crippen LogP contribution in [0.1, 0.15) is 30.6 Å². The number of hydrogen-bond acceptors (Lipinski definition) is 4. The van der Waals surface area contributed by atoms with E-state index in [1.54, 1.807) is 6.26 Å². The van der Waals surface area contributed by atoms with Gasteiger partial charge in [0.2, 0.25) is 0 Å². The first-order chi connectivity index (χ1) is 15.8. The molecule has 1 aliphatic rings. The van der Waals surface area contributed by atoms with Crippen molar-refractivity contribution in [3.05, 3.63) is 78.5 Å². The Morgan fingerprint density at radius 2 is 1.94 bits per heavy atom. The van der Waals surface area contributed by atoms with E-state index >= 15 is 0 Å². The minimum absolute atomic E-state index is 0. The maximum absolute atomic E-state index is 5.45. The molecule has 4 rings (SSSR count). The fourth-order valence-electron chi connectivity index (χ4n) is 4.04. The molecule has 7 nitrogen and oxygen atoms in total. The predicted octanol–water partition coefficient (Wildman–Crippen LogP) is 3.93. The van der Waals surface area contributed by atoms with E-state index in [4.69, 9.17) is 9.41 Å². The van der Waals surface area contributed by atoms with Crippen LogP contribution >= 0.6 is 24.0 Å². The SMILES string of the molecule is I.c1ccc(CN2CCC(NC(=NCCCn3cccn3)NCCc3ccco3)CC2)cc1. The van der Waals surface area contributed by atoms with E-state index in [1.165, 1.54) is 5.56 Å². The Morgan fingerprint density at radius 1 is 1.09 bits per heavy atom. The van der Waals surface area contributed by atoms with Crippen LogP contribution in [-0.4, -0.2) is 52.9 Å². The maximum Gasteiger partial charge on any atom is 0.191 e. The number of furan rings is 1. The average molecular weight is 563 g/mol. The van der Waals surface area contributed by atoms with E-state index in [0.717, 1.165) is 76.7 Å². The molecule has 1 aliphatic heterocycles. The summed E-state index contributed by atoms with van der Waals surface area (Å²) in [5.74, 6) is 1.89. The molecule has 2 aromatic heterocycles. The lowest BCUT2D eigenvalue weighted by molar-refractivity contribution is 0.198. The first kappa shape index (κ1) is 25.3. The average Bonchev–Trinajstić information content (AvgIpc) is 3.53. The number of guanidine groups is 1. The molecule has 0 saturated carbocycles. The molecule has 178 valence electrons. The smallest absolute Gasteiger partial charge is 0.191 e. The van der Waals surface area contributed by atoms with E-state index in [2.05, 4.69) is 51.0 Å². The van der Waals surface area contributed by atoms with Gasteiger partial charge in [-0.25, -0.2) is 0 Å². The van der Waals surface area contributed by atoms with Gasteiger partial charge in [-0.15, -0.1) is 24.0 Å². The molecule has 8 heteroatoms. The summed E-state index contributed by atoms with van der Waals surface area (Å²) in [5, 5.41) is 11.4. The fraction of sp³-hybridized carbons (Fsp3) is 0.440. The number of likely N-dealkylation sites (tertiary alicyclic amines) is 1. The van der Waals surface area contributed by atoms with Crippen LogP contribution in [0.3, 0.4) is 0 Å². The lowest BCUT2D eigenvalue weighted by atomic mass is 10.0. The zero-order valence-electron chi connectivity index (χ0n) is 19.1. The van der Waals surface area contributed by atoms with Crippen molar-refractivity contribution in [2.75, 3.05) is 26.2 Å². The van der Waals surface area contributed by atoms with Crippen molar-refractivity contribution in [2.45, 2.75) is 44.8 Å². The summed E-state index contributed by atoms with van der Waals surface area (Å²) in [6.45, 7) is 5.68. The van der Waals surface area contributed by atoms with Crippen LogP contribution in [0, 0.1) is 0 Å². The number of piperidine rings is 1. The quantitative estimate of drug-likeness (QED) is 0.170. The number of benzene rings is 1. The van der Waals surface area contributed by atoms with Crippen LogP contribution in [0.25, 0.3) is 0 Å². The van der Waals surface area contributed by atoms with Crippen molar-refractivity contribution in [1.82, 2.24) is 25.3 Å². The van der Waals surface area contributed by atoms with Gasteiger partial charge in [0.1, 0.15) is 5.76 Å². The summed E-state index contributed by atoms with van der Waals surface area (Å²) in [6, 6.07) is 17.1. The molecule has 2 N–H and O–H groups in total. The molecule has 1 saturated heterocycles. The molecule has 0 bridgehead atoms. The van der Waals surface area contributed by atoms with Crippen molar-refractivity contribution in [1.29, 1.82) is 0 Å². The second kappa shape index (κ2) is 14.0. The molecule has 3 aromatic rings. The minimum Gasteiger partial charge on any atom is -0.469 e. The van der Waals surface area contributed by atoms with Gasteiger partial charge in [-0.3, -0.25) is 14.6 Å². The van der Waals surface area contributed by atoms with Crippen molar-refractivity contribution in [3.8, 4) is 0 Å². The fourth-order valence-corrected chi connectivity index (χ4v) is 4.04. The summed E-state index contributed by atoms with van der Waals surface area (Å²) in [7, 11) is 0. The Kier molecular flexibility index (Phi) is 10.8. The van der Waals surface area contributed by atoms with Gasteiger partial charge in [0.25, 0.3) is 0 Å². The lowest BCUT2D eigenvalue weighted by Gasteiger charge is -2.33. The monoisotopic (exact) mass is 562 g/mol. The van der Waals surface area contributed by atoms with E-state index in [9.17, 15) is 0 Å². The van der Waals surface area contributed by atoms with Crippen LogP contribution in [0.15, 0.2) is 76.6 Å². The highest BCUT2D eigenvalue weighted by Gasteiger charge is 2.20. The highest BCUT2D eigenvalue weighted by atomic mass is 127. The number of aromatic nitrogens is 2. The molecule has 0 radical (unpaired) electrons. The lowest BCUT2D eigenvalue weighted by Crippen LogP contribution is -2.49. The summed E-state index contributed by atoms with van der Waals surface area (Å²) >= 11 is 0. The molecule has 0 amide bonds. The minimum atomic E-state index is 0. The molecular formula is C25H35IN6O. The Bertz CT molecular complexity index is 906. The maximum atomic E-state index is 5.45. The number of hydrogen-bond donors (Lipinski definition) is 2. The molecule has 1 fully saturated rings.